The molecule has 2 aliphatic heterocycles. The predicted octanol–water partition coefficient (Wildman–Crippen LogP) is 8.57. The third-order valence-electron chi connectivity index (χ3n) is 8.27. The molecule has 206 valence electrons. The molecular formula is C31H61N3S. The Kier molecular flexibility index (Phi) is 8.57. The lowest BCUT2D eigenvalue weighted by Crippen LogP contribution is -2.64. The molecule has 0 aliphatic carbocycles. The van der Waals surface area contributed by atoms with Gasteiger partial charge in [-0.1, -0.05) is 103 Å². The van der Waals surface area contributed by atoms with Crippen molar-refractivity contribution in [1.82, 2.24) is 15.3 Å². The average molecular weight is 508 g/mol. The Morgan fingerprint density at radius 1 is 0.886 bits per heavy atom. The van der Waals surface area contributed by atoms with Gasteiger partial charge < -0.3 is 0 Å². The fourth-order valence-electron chi connectivity index (χ4n) is 6.80. The molecule has 0 aromatic rings. The highest BCUT2D eigenvalue weighted by Crippen LogP contribution is 2.55. The Morgan fingerprint density at radius 3 is 1.74 bits per heavy atom. The zero-order valence-corrected chi connectivity index (χ0v) is 27.5. The van der Waals surface area contributed by atoms with Crippen molar-refractivity contribution in [1.29, 1.82) is 0 Å². The maximum absolute atomic E-state index is 4.18. The Morgan fingerprint density at radius 2 is 1.40 bits per heavy atom. The van der Waals surface area contributed by atoms with Crippen molar-refractivity contribution in [2.24, 2.45) is 27.6 Å². The van der Waals surface area contributed by atoms with Crippen LogP contribution >= 0.6 is 11.8 Å². The van der Waals surface area contributed by atoms with Crippen molar-refractivity contribution < 1.29 is 0 Å². The molecule has 0 aromatic heterocycles. The quantitative estimate of drug-likeness (QED) is 0.375. The monoisotopic (exact) mass is 507 g/mol. The first-order valence-corrected chi connectivity index (χ1v) is 15.2. The van der Waals surface area contributed by atoms with Crippen LogP contribution in [0, 0.1) is 27.6 Å². The van der Waals surface area contributed by atoms with Gasteiger partial charge in [-0.05, 0) is 54.9 Å². The third kappa shape index (κ3) is 6.02. The maximum Gasteiger partial charge on any atom is 0.0882 e. The van der Waals surface area contributed by atoms with Gasteiger partial charge >= 0.3 is 0 Å². The summed E-state index contributed by atoms with van der Waals surface area (Å²) in [7, 11) is 0. The molecule has 0 radical (unpaired) electrons. The van der Waals surface area contributed by atoms with Crippen LogP contribution in [0.2, 0.25) is 0 Å². The Bertz CT molecular complexity index is 782. The summed E-state index contributed by atoms with van der Waals surface area (Å²) in [6.07, 6.45) is 1.40. The second kappa shape index (κ2) is 9.62. The fourth-order valence-corrected chi connectivity index (χ4v) is 8.85. The summed E-state index contributed by atoms with van der Waals surface area (Å²) in [5.74, 6) is 1.66. The van der Waals surface area contributed by atoms with Crippen molar-refractivity contribution in [2.45, 2.75) is 147 Å². The van der Waals surface area contributed by atoms with E-state index in [0.29, 0.717) is 17.3 Å². The zero-order valence-electron chi connectivity index (χ0n) is 26.7. The van der Waals surface area contributed by atoms with Gasteiger partial charge in [0.1, 0.15) is 0 Å². The van der Waals surface area contributed by atoms with E-state index in [-0.39, 0.29) is 32.9 Å². The van der Waals surface area contributed by atoms with E-state index in [2.05, 4.69) is 145 Å². The van der Waals surface area contributed by atoms with E-state index in [1.54, 1.807) is 11.1 Å². The summed E-state index contributed by atoms with van der Waals surface area (Å²) in [6, 6.07) is 0. The van der Waals surface area contributed by atoms with Crippen LogP contribution in [0.4, 0.5) is 0 Å². The normalized spacial score (nSPS) is 28.6. The van der Waals surface area contributed by atoms with Crippen LogP contribution in [-0.2, 0) is 0 Å². The molecule has 3 nitrogen and oxygen atoms in total. The number of hydrazine groups is 1. The first-order chi connectivity index (χ1) is 15.4. The van der Waals surface area contributed by atoms with Gasteiger partial charge in [0.25, 0.3) is 0 Å². The van der Waals surface area contributed by atoms with E-state index >= 15 is 0 Å². The first kappa shape index (κ1) is 31.2. The molecule has 0 saturated carbocycles. The summed E-state index contributed by atoms with van der Waals surface area (Å²) in [5.41, 5.74) is 8.18. The van der Waals surface area contributed by atoms with E-state index in [9.17, 15) is 0 Å². The minimum absolute atomic E-state index is 0.0527. The molecule has 2 heterocycles. The van der Waals surface area contributed by atoms with Crippen LogP contribution in [0.15, 0.2) is 11.1 Å². The van der Waals surface area contributed by atoms with Gasteiger partial charge in [-0.2, -0.15) is 0 Å². The van der Waals surface area contributed by atoms with Crippen LogP contribution in [-0.4, -0.2) is 44.8 Å². The van der Waals surface area contributed by atoms with Crippen molar-refractivity contribution in [3.05, 3.63) is 11.1 Å². The lowest BCUT2D eigenvalue weighted by atomic mass is 9.69. The largest absolute Gasteiger partial charge is 0.262 e. The lowest BCUT2D eigenvalue weighted by molar-refractivity contribution is -0.0722. The second-order valence-electron chi connectivity index (χ2n) is 16.5. The molecule has 4 heteroatoms. The number of rotatable bonds is 5. The summed E-state index contributed by atoms with van der Waals surface area (Å²) >= 11 is 2.17. The molecule has 35 heavy (non-hydrogen) atoms. The van der Waals surface area contributed by atoms with Crippen molar-refractivity contribution in [3.8, 4) is 0 Å². The Hall–Kier alpha value is -0.0300. The van der Waals surface area contributed by atoms with Gasteiger partial charge in [0.2, 0.25) is 0 Å². The van der Waals surface area contributed by atoms with Crippen LogP contribution in [0.3, 0.4) is 0 Å². The fraction of sp³-hybridized carbons (Fsp3) is 0.935. The SMILES string of the molecule is CCC1(C(C)C)NN(CC(C)(C)C2=C(C(C)(C)C)CSC2C(C)(C)C)C(C(C)(C)C)N1C(C)(C)C. The summed E-state index contributed by atoms with van der Waals surface area (Å²) in [4.78, 5) is 2.82. The molecule has 3 unspecified atom stereocenters. The van der Waals surface area contributed by atoms with E-state index in [4.69, 9.17) is 0 Å². The van der Waals surface area contributed by atoms with E-state index < -0.39 is 0 Å². The van der Waals surface area contributed by atoms with Gasteiger partial charge in [0, 0.05) is 28.5 Å². The molecule has 1 saturated heterocycles. The molecular weight excluding hydrogens is 446 g/mol. The van der Waals surface area contributed by atoms with Gasteiger partial charge in [-0.3, -0.25) is 4.90 Å². The van der Waals surface area contributed by atoms with Crippen LogP contribution < -0.4 is 5.43 Å². The Balaban J connectivity index is 2.68. The predicted molar refractivity (Wildman–Crippen MR) is 158 cm³/mol. The van der Waals surface area contributed by atoms with E-state index in [1.807, 2.05) is 0 Å². The minimum atomic E-state index is -0.0542. The van der Waals surface area contributed by atoms with E-state index in [0.717, 1.165) is 13.0 Å². The van der Waals surface area contributed by atoms with Crippen LogP contribution in [0.25, 0.3) is 0 Å². The highest BCUT2D eigenvalue weighted by Gasteiger charge is 2.59. The van der Waals surface area contributed by atoms with Crippen LogP contribution in [0.5, 0.6) is 0 Å². The summed E-state index contributed by atoms with van der Waals surface area (Å²) in [5, 5.41) is 3.22. The number of thioether (sulfide) groups is 1. The summed E-state index contributed by atoms with van der Waals surface area (Å²) in [6.45, 7) is 42.2. The first-order valence-electron chi connectivity index (χ1n) is 14.1. The zero-order chi connectivity index (χ0) is 27.6. The maximum atomic E-state index is 4.18. The molecule has 2 aliphatic rings. The van der Waals surface area contributed by atoms with Gasteiger partial charge in [0.05, 0.1) is 11.8 Å². The average Bonchev–Trinajstić information content (AvgIpc) is 3.20. The van der Waals surface area contributed by atoms with E-state index in [1.165, 1.54) is 5.75 Å². The van der Waals surface area contributed by atoms with Crippen LogP contribution in [0.1, 0.15) is 124 Å². The molecule has 0 spiro atoms. The van der Waals surface area contributed by atoms with Crippen molar-refractivity contribution in [3.63, 3.8) is 0 Å². The molecule has 2 rings (SSSR count). The molecule has 0 bridgehead atoms. The highest BCUT2D eigenvalue weighted by atomic mass is 32.2. The number of nitrogens with zero attached hydrogens (tertiary/aromatic N) is 2. The molecule has 0 aromatic carbocycles. The van der Waals surface area contributed by atoms with Crippen molar-refractivity contribution >= 4 is 11.8 Å². The Labute approximate surface area is 224 Å². The third-order valence-corrected chi connectivity index (χ3v) is 10.00. The molecule has 1 N–H and O–H groups in total. The topological polar surface area (TPSA) is 18.5 Å². The number of hydrogen-bond donors (Lipinski definition) is 1. The lowest BCUT2D eigenvalue weighted by Gasteiger charge is -2.52. The number of hydrogen-bond acceptors (Lipinski definition) is 4. The molecule has 0 amide bonds. The van der Waals surface area contributed by atoms with Gasteiger partial charge in [-0.15, -0.1) is 11.8 Å². The summed E-state index contributed by atoms with van der Waals surface area (Å²) < 4.78 is 0. The standard InChI is InChI=1S/C31H61N3S/c1-18-31(21(2)3)32-33(25(28(10,11)12)34(31)29(13,14)15)20-30(16,17)23-22(26(4,5)6)19-35-24(23)27(7,8)9/h21,24-25,32H,18-20H2,1-17H3. The number of nitrogens with one attached hydrogen (secondary N) is 1. The molecule has 1 fully saturated rings. The minimum Gasteiger partial charge on any atom is -0.262 e. The van der Waals surface area contributed by atoms with Gasteiger partial charge in [0.15, 0.2) is 0 Å². The van der Waals surface area contributed by atoms with Gasteiger partial charge in [-0.25, -0.2) is 10.4 Å². The smallest absolute Gasteiger partial charge is 0.0882 e. The second-order valence-corrected chi connectivity index (χ2v) is 17.6. The molecule has 3 atom stereocenters. The van der Waals surface area contributed by atoms with Crippen molar-refractivity contribution in [2.75, 3.05) is 12.3 Å². The highest BCUT2D eigenvalue weighted by molar-refractivity contribution is 8.00.